The van der Waals surface area contributed by atoms with Gasteiger partial charge in [-0.1, -0.05) is 23.2 Å². The largest absolute Gasteiger partial charge is 0.486 e. The minimum absolute atomic E-state index is 0.133. The zero-order chi connectivity index (χ0) is 17.1. The highest BCUT2D eigenvalue weighted by Crippen LogP contribution is 2.30. The van der Waals surface area contributed by atoms with Gasteiger partial charge in [0.25, 0.3) is 5.91 Å². The van der Waals surface area contributed by atoms with Crippen LogP contribution in [-0.4, -0.2) is 24.2 Å². The molecule has 0 aromatic heterocycles. The number of fused-ring (bicyclic) bond motifs is 1. The summed E-state index contributed by atoms with van der Waals surface area (Å²) in [6.45, 7) is 0.947. The molecule has 5 nitrogen and oxygen atoms in total. The molecule has 2 aromatic rings. The van der Waals surface area contributed by atoms with E-state index in [9.17, 15) is 4.79 Å². The van der Waals surface area contributed by atoms with E-state index in [4.69, 9.17) is 44.9 Å². The highest BCUT2D eigenvalue weighted by atomic mass is 35.5. The summed E-state index contributed by atoms with van der Waals surface area (Å²) in [6, 6.07) is 9.85. The lowest BCUT2D eigenvalue weighted by Crippen LogP contribution is -2.34. The lowest BCUT2D eigenvalue weighted by Gasteiger charge is -2.18. The molecule has 0 fully saturated rings. The first-order valence-corrected chi connectivity index (χ1v) is 8.16. The molecule has 124 valence electrons. The van der Waals surface area contributed by atoms with Crippen LogP contribution >= 0.6 is 35.4 Å². The maximum absolute atomic E-state index is 12.3. The van der Waals surface area contributed by atoms with E-state index < -0.39 is 0 Å². The summed E-state index contributed by atoms with van der Waals surface area (Å²) >= 11 is 17.0. The summed E-state index contributed by atoms with van der Waals surface area (Å²) in [5.41, 5.74) is 0.993. The van der Waals surface area contributed by atoms with Gasteiger partial charge in [-0.15, -0.1) is 0 Å². The SMILES string of the molecule is O=C(NC(=S)Nc1cc(Cl)cc(Cl)c1)c1ccc2c(c1)OCCO2. The Morgan fingerprint density at radius 2 is 1.67 bits per heavy atom. The van der Waals surface area contributed by atoms with E-state index in [1.54, 1.807) is 36.4 Å². The fourth-order valence-electron chi connectivity index (χ4n) is 2.15. The van der Waals surface area contributed by atoms with Crippen LogP contribution in [0.2, 0.25) is 10.0 Å². The van der Waals surface area contributed by atoms with Crippen LogP contribution in [0.3, 0.4) is 0 Å². The second-order valence-electron chi connectivity index (χ2n) is 4.92. The van der Waals surface area contributed by atoms with Crippen LogP contribution in [0.25, 0.3) is 0 Å². The smallest absolute Gasteiger partial charge is 0.257 e. The van der Waals surface area contributed by atoms with Crippen molar-refractivity contribution in [3.63, 3.8) is 0 Å². The summed E-state index contributed by atoms with van der Waals surface area (Å²) in [7, 11) is 0. The van der Waals surface area contributed by atoms with Crippen molar-refractivity contribution in [3.05, 3.63) is 52.0 Å². The van der Waals surface area contributed by atoms with E-state index in [-0.39, 0.29) is 11.0 Å². The lowest BCUT2D eigenvalue weighted by atomic mass is 10.2. The Bertz CT molecular complexity index is 794. The minimum Gasteiger partial charge on any atom is -0.486 e. The van der Waals surface area contributed by atoms with E-state index in [1.807, 2.05) is 0 Å². The molecule has 1 aliphatic heterocycles. The molecule has 0 aliphatic carbocycles. The third-order valence-corrected chi connectivity index (χ3v) is 3.79. The molecular formula is C16H12Cl2N2O3S. The number of amides is 1. The van der Waals surface area contributed by atoms with Gasteiger partial charge < -0.3 is 14.8 Å². The molecule has 1 amide bonds. The van der Waals surface area contributed by atoms with E-state index in [1.165, 1.54) is 0 Å². The molecular weight excluding hydrogens is 371 g/mol. The van der Waals surface area contributed by atoms with Crippen LogP contribution in [0.5, 0.6) is 11.5 Å². The molecule has 0 spiro atoms. The Morgan fingerprint density at radius 1 is 1.00 bits per heavy atom. The number of thiocarbonyl (C=S) groups is 1. The van der Waals surface area contributed by atoms with Crippen molar-refractivity contribution in [1.82, 2.24) is 5.32 Å². The molecule has 8 heteroatoms. The molecule has 24 heavy (non-hydrogen) atoms. The number of carbonyl (C=O) groups is 1. The normalized spacial score (nSPS) is 12.4. The molecule has 2 aromatic carbocycles. The number of halogens is 2. The Hall–Kier alpha value is -2.02. The van der Waals surface area contributed by atoms with Gasteiger partial charge in [0.2, 0.25) is 0 Å². The average molecular weight is 383 g/mol. The number of anilines is 1. The molecule has 2 N–H and O–H groups in total. The van der Waals surface area contributed by atoms with Crippen molar-refractivity contribution in [2.45, 2.75) is 0 Å². The molecule has 0 saturated carbocycles. The van der Waals surface area contributed by atoms with Gasteiger partial charge in [-0.25, -0.2) is 0 Å². The van der Waals surface area contributed by atoms with E-state index >= 15 is 0 Å². The predicted molar refractivity (Wildman–Crippen MR) is 97.6 cm³/mol. The summed E-state index contributed by atoms with van der Waals surface area (Å²) in [5.74, 6) is 0.791. The monoisotopic (exact) mass is 382 g/mol. The molecule has 0 radical (unpaired) electrons. The van der Waals surface area contributed by atoms with Crippen LogP contribution in [0, 0.1) is 0 Å². The number of rotatable bonds is 2. The van der Waals surface area contributed by atoms with Gasteiger partial charge in [-0.2, -0.15) is 0 Å². The molecule has 1 aliphatic rings. The molecule has 0 saturated heterocycles. The Kier molecular flexibility index (Phi) is 5.08. The highest BCUT2D eigenvalue weighted by Gasteiger charge is 2.15. The first-order chi connectivity index (χ1) is 11.5. The van der Waals surface area contributed by atoms with Crippen molar-refractivity contribution in [3.8, 4) is 11.5 Å². The second-order valence-corrected chi connectivity index (χ2v) is 6.21. The van der Waals surface area contributed by atoms with Crippen molar-refractivity contribution < 1.29 is 14.3 Å². The Morgan fingerprint density at radius 3 is 2.38 bits per heavy atom. The molecule has 0 bridgehead atoms. The highest BCUT2D eigenvalue weighted by molar-refractivity contribution is 7.80. The van der Waals surface area contributed by atoms with Crippen molar-refractivity contribution >= 4 is 52.1 Å². The fourth-order valence-corrected chi connectivity index (χ4v) is 2.88. The van der Waals surface area contributed by atoms with Gasteiger partial charge in [0.05, 0.1) is 0 Å². The van der Waals surface area contributed by atoms with Gasteiger partial charge in [0, 0.05) is 21.3 Å². The van der Waals surface area contributed by atoms with Gasteiger partial charge in [-0.3, -0.25) is 10.1 Å². The topological polar surface area (TPSA) is 59.6 Å². The van der Waals surface area contributed by atoms with Crippen LogP contribution in [0.4, 0.5) is 5.69 Å². The predicted octanol–water partition coefficient (Wildman–Crippen LogP) is 3.89. The summed E-state index contributed by atoms with van der Waals surface area (Å²) < 4.78 is 10.9. The average Bonchev–Trinajstić information content (AvgIpc) is 2.53. The summed E-state index contributed by atoms with van der Waals surface area (Å²) in [5, 5.41) is 6.51. The number of carbonyl (C=O) groups excluding carboxylic acids is 1. The van der Waals surface area contributed by atoms with E-state index in [0.717, 1.165) is 0 Å². The van der Waals surface area contributed by atoms with Gasteiger partial charge in [0.1, 0.15) is 13.2 Å². The molecule has 1 heterocycles. The Labute approximate surface area is 153 Å². The minimum atomic E-state index is -0.363. The third kappa shape index (κ3) is 4.08. The zero-order valence-corrected chi connectivity index (χ0v) is 14.6. The van der Waals surface area contributed by atoms with Crippen LogP contribution < -0.4 is 20.1 Å². The van der Waals surface area contributed by atoms with Crippen LogP contribution in [0.1, 0.15) is 10.4 Å². The first-order valence-electron chi connectivity index (χ1n) is 6.99. The molecule has 3 rings (SSSR count). The quantitative estimate of drug-likeness (QED) is 0.771. The second kappa shape index (κ2) is 7.25. The Balaban J connectivity index is 1.66. The van der Waals surface area contributed by atoms with E-state index in [0.29, 0.717) is 46.0 Å². The number of hydrogen-bond acceptors (Lipinski definition) is 4. The number of hydrogen-bond donors (Lipinski definition) is 2. The first kappa shape index (κ1) is 16.8. The van der Waals surface area contributed by atoms with Gasteiger partial charge in [0.15, 0.2) is 16.6 Å². The van der Waals surface area contributed by atoms with Crippen LogP contribution in [-0.2, 0) is 0 Å². The van der Waals surface area contributed by atoms with Gasteiger partial charge in [-0.05, 0) is 48.6 Å². The summed E-state index contributed by atoms with van der Waals surface area (Å²) in [4.78, 5) is 12.3. The third-order valence-electron chi connectivity index (χ3n) is 3.15. The standard InChI is InChI=1S/C16H12Cl2N2O3S/c17-10-6-11(18)8-12(7-10)19-16(24)20-15(21)9-1-2-13-14(5-9)23-4-3-22-13/h1-2,5-8H,3-4H2,(H2,19,20,21,24). The van der Waals surface area contributed by atoms with Crippen molar-refractivity contribution in [2.24, 2.45) is 0 Å². The number of ether oxygens (including phenoxy) is 2. The van der Waals surface area contributed by atoms with Crippen molar-refractivity contribution in [1.29, 1.82) is 0 Å². The van der Waals surface area contributed by atoms with Crippen LogP contribution in [0.15, 0.2) is 36.4 Å². The lowest BCUT2D eigenvalue weighted by molar-refractivity contribution is 0.0976. The number of benzene rings is 2. The fraction of sp³-hybridized carbons (Fsp3) is 0.125. The zero-order valence-electron chi connectivity index (χ0n) is 12.3. The molecule has 0 unspecified atom stereocenters. The van der Waals surface area contributed by atoms with Gasteiger partial charge >= 0.3 is 0 Å². The maximum Gasteiger partial charge on any atom is 0.257 e. The maximum atomic E-state index is 12.3. The van der Waals surface area contributed by atoms with E-state index in [2.05, 4.69) is 10.6 Å². The summed E-state index contributed by atoms with van der Waals surface area (Å²) in [6.07, 6.45) is 0. The van der Waals surface area contributed by atoms with Crippen molar-refractivity contribution in [2.75, 3.05) is 18.5 Å². The number of nitrogens with one attached hydrogen (secondary N) is 2. The molecule has 0 atom stereocenters.